The van der Waals surface area contributed by atoms with Crippen LogP contribution in [0.3, 0.4) is 0 Å². The molecule has 0 spiro atoms. The second-order valence-corrected chi connectivity index (χ2v) is 5.90. The molecule has 2 aromatic rings. The molecule has 1 unspecified atom stereocenters. The molecule has 3 rings (SSSR count). The maximum absolute atomic E-state index is 12.2. The van der Waals surface area contributed by atoms with E-state index in [0.29, 0.717) is 6.42 Å². The monoisotopic (exact) mass is 346 g/mol. The van der Waals surface area contributed by atoms with E-state index in [1.165, 1.54) is 5.56 Å². The molecule has 0 radical (unpaired) electrons. The fourth-order valence-electron chi connectivity index (χ4n) is 2.93. The Kier molecular flexibility index (Phi) is 6.23. The summed E-state index contributed by atoms with van der Waals surface area (Å²) in [5.41, 5.74) is 3.47. The number of ether oxygens (including phenoxy) is 1. The van der Waals surface area contributed by atoms with Gasteiger partial charge in [-0.05, 0) is 35.2 Å². The molecular formula is C19H23ClN2O2. The van der Waals surface area contributed by atoms with Crippen molar-refractivity contribution in [3.05, 3.63) is 54.1 Å². The van der Waals surface area contributed by atoms with E-state index in [2.05, 4.69) is 35.6 Å². The Hall–Kier alpha value is -2.04. The van der Waals surface area contributed by atoms with E-state index in [1.807, 2.05) is 25.2 Å². The van der Waals surface area contributed by atoms with Crippen LogP contribution in [0.4, 0.5) is 0 Å². The molecule has 128 valence electrons. The van der Waals surface area contributed by atoms with Gasteiger partial charge in [0.05, 0.1) is 13.2 Å². The smallest absolute Gasteiger partial charge is 0.239 e. The molecule has 4 nitrogen and oxygen atoms in total. The van der Waals surface area contributed by atoms with Gasteiger partial charge in [-0.2, -0.15) is 0 Å². The van der Waals surface area contributed by atoms with Crippen LogP contribution in [0.5, 0.6) is 5.75 Å². The van der Waals surface area contributed by atoms with Crippen LogP contribution in [-0.4, -0.2) is 44.1 Å². The largest absolute Gasteiger partial charge is 0.497 e. The summed E-state index contributed by atoms with van der Waals surface area (Å²) in [6, 6.07) is 16.3. The van der Waals surface area contributed by atoms with Crippen LogP contribution in [0.15, 0.2) is 48.5 Å². The third-order valence-electron chi connectivity index (χ3n) is 4.30. The van der Waals surface area contributed by atoms with Gasteiger partial charge in [0.15, 0.2) is 0 Å². The Morgan fingerprint density at radius 1 is 1.17 bits per heavy atom. The number of piperazine rings is 1. The van der Waals surface area contributed by atoms with Crippen LogP contribution in [0.2, 0.25) is 0 Å². The topological polar surface area (TPSA) is 41.6 Å². The predicted octanol–water partition coefficient (Wildman–Crippen LogP) is 2.76. The lowest BCUT2D eigenvalue weighted by Gasteiger charge is -2.30. The first-order valence-corrected chi connectivity index (χ1v) is 7.89. The zero-order valence-electron chi connectivity index (χ0n) is 14.0. The molecule has 0 aliphatic carbocycles. The van der Waals surface area contributed by atoms with E-state index in [1.54, 1.807) is 12.0 Å². The SMILES string of the molecule is COc1ccc(-c2cccc(CC3NCCN(C)C3=O)c2)cc1.Cl. The number of nitrogens with zero attached hydrogens (tertiary/aromatic N) is 1. The van der Waals surface area contributed by atoms with Gasteiger partial charge in [-0.1, -0.05) is 36.4 Å². The summed E-state index contributed by atoms with van der Waals surface area (Å²) in [5, 5.41) is 3.31. The first-order valence-electron chi connectivity index (χ1n) is 7.89. The maximum atomic E-state index is 12.2. The Bertz CT molecular complexity index is 688. The van der Waals surface area contributed by atoms with E-state index < -0.39 is 0 Å². The van der Waals surface area contributed by atoms with Gasteiger partial charge in [-0.15, -0.1) is 12.4 Å². The molecule has 24 heavy (non-hydrogen) atoms. The van der Waals surface area contributed by atoms with E-state index in [0.717, 1.165) is 30.0 Å². The van der Waals surface area contributed by atoms with Gasteiger partial charge in [0.25, 0.3) is 0 Å². The van der Waals surface area contributed by atoms with E-state index in [4.69, 9.17) is 4.74 Å². The average Bonchev–Trinajstić information content (AvgIpc) is 2.59. The summed E-state index contributed by atoms with van der Waals surface area (Å²) in [6.45, 7) is 1.63. The Morgan fingerprint density at radius 3 is 2.62 bits per heavy atom. The van der Waals surface area contributed by atoms with Crippen LogP contribution in [-0.2, 0) is 11.2 Å². The number of likely N-dealkylation sites (N-methyl/N-ethyl adjacent to an activating group) is 1. The minimum absolute atomic E-state index is 0. The van der Waals surface area contributed by atoms with Gasteiger partial charge in [0.1, 0.15) is 5.75 Å². The Balaban J connectivity index is 0.00000208. The van der Waals surface area contributed by atoms with Crippen molar-refractivity contribution in [2.45, 2.75) is 12.5 Å². The summed E-state index contributed by atoms with van der Waals surface area (Å²) in [5.74, 6) is 1.02. The number of amides is 1. The number of rotatable bonds is 4. The Labute approximate surface area is 149 Å². The highest BCUT2D eigenvalue weighted by atomic mass is 35.5. The van der Waals surface area contributed by atoms with E-state index >= 15 is 0 Å². The van der Waals surface area contributed by atoms with Crippen LogP contribution < -0.4 is 10.1 Å². The Morgan fingerprint density at radius 2 is 1.92 bits per heavy atom. The molecule has 1 aliphatic heterocycles. The number of benzene rings is 2. The van der Waals surface area contributed by atoms with Gasteiger partial charge in [-0.25, -0.2) is 0 Å². The quantitative estimate of drug-likeness (QED) is 0.925. The van der Waals surface area contributed by atoms with Crippen molar-refractivity contribution in [2.24, 2.45) is 0 Å². The number of methoxy groups -OCH3 is 1. The van der Waals surface area contributed by atoms with Crippen molar-refractivity contribution in [3.8, 4) is 16.9 Å². The molecule has 1 saturated heterocycles. The normalized spacial score (nSPS) is 17.3. The van der Waals surface area contributed by atoms with Crippen LogP contribution in [0.25, 0.3) is 11.1 Å². The lowest BCUT2D eigenvalue weighted by molar-refractivity contribution is -0.134. The molecule has 5 heteroatoms. The maximum Gasteiger partial charge on any atom is 0.239 e. The number of carbonyl (C=O) groups excluding carboxylic acids is 1. The highest BCUT2D eigenvalue weighted by molar-refractivity contribution is 5.85. The minimum Gasteiger partial charge on any atom is -0.497 e. The lowest BCUT2D eigenvalue weighted by Crippen LogP contribution is -2.54. The molecule has 0 saturated carbocycles. The second-order valence-electron chi connectivity index (χ2n) is 5.90. The molecular weight excluding hydrogens is 324 g/mol. The van der Waals surface area contributed by atoms with Crippen molar-refractivity contribution in [3.63, 3.8) is 0 Å². The van der Waals surface area contributed by atoms with Crippen LogP contribution in [0, 0.1) is 0 Å². The molecule has 1 aliphatic rings. The van der Waals surface area contributed by atoms with Crippen molar-refractivity contribution in [1.29, 1.82) is 0 Å². The van der Waals surface area contributed by atoms with Crippen molar-refractivity contribution in [1.82, 2.24) is 10.2 Å². The highest BCUT2D eigenvalue weighted by Gasteiger charge is 2.25. The van der Waals surface area contributed by atoms with Gasteiger partial charge >= 0.3 is 0 Å². The number of halogens is 1. The molecule has 0 bridgehead atoms. The molecule has 1 N–H and O–H groups in total. The summed E-state index contributed by atoms with van der Waals surface area (Å²) < 4.78 is 5.20. The number of carbonyl (C=O) groups is 1. The summed E-state index contributed by atoms with van der Waals surface area (Å²) in [4.78, 5) is 14.0. The molecule has 1 atom stereocenters. The van der Waals surface area contributed by atoms with E-state index in [-0.39, 0.29) is 24.4 Å². The van der Waals surface area contributed by atoms with Crippen molar-refractivity contribution < 1.29 is 9.53 Å². The molecule has 1 fully saturated rings. The predicted molar refractivity (Wildman–Crippen MR) is 98.8 cm³/mol. The first kappa shape index (κ1) is 18.3. The van der Waals surface area contributed by atoms with Crippen molar-refractivity contribution >= 4 is 18.3 Å². The summed E-state index contributed by atoms with van der Waals surface area (Å²) >= 11 is 0. The van der Waals surface area contributed by atoms with Gasteiger partial charge in [0, 0.05) is 20.1 Å². The average molecular weight is 347 g/mol. The fourth-order valence-corrected chi connectivity index (χ4v) is 2.93. The van der Waals surface area contributed by atoms with Crippen LogP contribution in [0.1, 0.15) is 5.56 Å². The van der Waals surface area contributed by atoms with Crippen molar-refractivity contribution in [2.75, 3.05) is 27.2 Å². The third kappa shape index (κ3) is 4.08. The lowest BCUT2D eigenvalue weighted by atomic mass is 9.98. The molecule has 1 amide bonds. The van der Waals surface area contributed by atoms with Crippen LogP contribution >= 0.6 is 12.4 Å². The minimum atomic E-state index is -0.125. The molecule has 0 aromatic heterocycles. The number of hydrogen-bond acceptors (Lipinski definition) is 3. The zero-order chi connectivity index (χ0) is 16.2. The number of nitrogens with one attached hydrogen (secondary N) is 1. The highest BCUT2D eigenvalue weighted by Crippen LogP contribution is 2.23. The standard InChI is InChI=1S/C19H22N2O2.ClH/c1-21-11-10-20-18(19(21)22)13-14-4-3-5-16(12-14)15-6-8-17(23-2)9-7-15;/h3-9,12,18,20H,10-11,13H2,1-2H3;1H. The summed E-state index contributed by atoms with van der Waals surface area (Å²) in [7, 11) is 3.53. The third-order valence-corrected chi connectivity index (χ3v) is 4.30. The molecule has 2 aromatic carbocycles. The first-order chi connectivity index (χ1) is 11.2. The van der Waals surface area contributed by atoms with Gasteiger partial charge < -0.3 is 15.0 Å². The summed E-state index contributed by atoms with van der Waals surface area (Å²) in [6.07, 6.45) is 0.715. The molecule has 1 heterocycles. The zero-order valence-corrected chi connectivity index (χ0v) is 14.8. The van der Waals surface area contributed by atoms with E-state index in [9.17, 15) is 4.79 Å². The van der Waals surface area contributed by atoms with Gasteiger partial charge in [0.2, 0.25) is 5.91 Å². The van der Waals surface area contributed by atoms with Gasteiger partial charge in [-0.3, -0.25) is 4.79 Å². The fraction of sp³-hybridized carbons (Fsp3) is 0.316. The second kappa shape index (κ2) is 8.18. The number of hydrogen-bond donors (Lipinski definition) is 1.